The Hall–Kier alpha value is -0.530. The molecule has 3 atom stereocenters. The van der Waals surface area contributed by atoms with Gasteiger partial charge < -0.3 is 10.2 Å². The van der Waals surface area contributed by atoms with Gasteiger partial charge in [0, 0.05) is 0 Å². The van der Waals surface area contributed by atoms with Crippen molar-refractivity contribution in [3.63, 3.8) is 0 Å². The van der Waals surface area contributed by atoms with E-state index in [2.05, 4.69) is 10.8 Å². The quantitative estimate of drug-likeness (QED) is 0.323. The van der Waals surface area contributed by atoms with Gasteiger partial charge in [-0.25, -0.2) is 4.18 Å². The minimum absolute atomic E-state index is 0.115. The molecule has 0 amide bonds. The van der Waals surface area contributed by atoms with Gasteiger partial charge in [0.1, 0.15) is 6.10 Å². The lowest BCUT2D eigenvalue weighted by Gasteiger charge is -2.13. The predicted molar refractivity (Wildman–Crippen MR) is 47.8 cm³/mol. The average Bonchev–Trinajstić information content (AvgIpc) is 2.03. The molecule has 0 aliphatic heterocycles. The van der Waals surface area contributed by atoms with Gasteiger partial charge in [-0.1, -0.05) is 24.8 Å². The molecule has 0 bridgehead atoms. The molecular formula is C7H12O5S. The van der Waals surface area contributed by atoms with Gasteiger partial charge in [0.05, 0.1) is 0 Å². The van der Waals surface area contributed by atoms with Crippen molar-refractivity contribution >= 4 is 11.4 Å². The first-order chi connectivity index (χ1) is 6.07. The Bertz CT molecular complexity index is 203. The summed E-state index contributed by atoms with van der Waals surface area (Å²) in [5.41, 5.74) is 0. The first-order valence-electron chi connectivity index (χ1n) is 3.49. The van der Waals surface area contributed by atoms with Crippen molar-refractivity contribution in [3.8, 4) is 0 Å². The van der Waals surface area contributed by atoms with Crippen LogP contribution in [0.15, 0.2) is 24.8 Å². The van der Waals surface area contributed by atoms with E-state index in [-0.39, 0.29) is 6.42 Å². The van der Waals surface area contributed by atoms with Crippen LogP contribution in [0.25, 0.3) is 0 Å². The minimum atomic E-state index is -2.58. The van der Waals surface area contributed by atoms with Gasteiger partial charge in [0.15, 0.2) is 6.29 Å². The highest BCUT2D eigenvalue weighted by Crippen LogP contribution is 2.02. The van der Waals surface area contributed by atoms with Crippen LogP contribution in [-0.4, -0.2) is 31.4 Å². The van der Waals surface area contributed by atoms with Crippen molar-refractivity contribution < 1.29 is 23.2 Å². The summed E-state index contributed by atoms with van der Waals surface area (Å²) in [7, 11) is 0. The SMILES string of the molecule is C=C/C=C\CC(O)C(O)OS(=O)O. The molecule has 6 heteroatoms. The van der Waals surface area contributed by atoms with Crippen LogP contribution < -0.4 is 0 Å². The highest BCUT2D eigenvalue weighted by atomic mass is 32.2. The fraction of sp³-hybridized carbons (Fsp3) is 0.429. The van der Waals surface area contributed by atoms with Gasteiger partial charge in [-0.2, -0.15) is 4.21 Å². The zero-order valence-electron chi connectivity index (χ0n) is 6.87. The monoisotopic (exact) mass is 208 g/mol. The maximum absolute atomic E-state index is 10.0. The third-order valence-electron chi connectivity index (χ3n) is 1.16. The van der Waals surface area contributed by atoms with Gasteiger partial charge in [-0.05, 0) is 6.42 Å². The van der Waals surface area contributed by atoms with Crippen LogP contribution in [0.4, 0.5) is 0 Å². The standard InChI is InChI=1S/C7H12O5S/c1-2-3-4-5-6(8)7(9)12-13(10)11/h2-4,6-9H,1,5H2,(H,10,11)/b4-3-. The van der Waals surface area contributed by atoms with E-state index in [0.717, 1.165) is 0 Å². The highest BCUT2D eigenvalue weighted by Gasteiger charge is 2.17. The third-order valence-corrected chi connectivity index (χ3v) is 1.52. The second-order valence-electron chi connectivity index (χ2n) is 2.17. The van der Waals surface area contributed by atoms with Crippen LogP contribution in [-0.2, 0) is 15.5 Å². The molecule has 0 radical (unpaired) electrons. The first kappa shape index (κ1) is 12.5. The van der Waals surface area contributed by atoms with E-state index in [1.165, 1.54) is 6.08 Å². The molecule has 3 N–H and O–H groups in total. The van der Waals surface area contributed by atoms with Gasteiger partial charge in [0.2, 0.25) is 0 Å². The van der Waals surface area contributed by atoms with Crippen molar-refractivity contribution in [1.82, 2.24) is 0 Å². The lowest BCUT2D eigenvalue weighted by Crippen LogP contribution is -2.28. The molecule has 0 aliphatic carbocycles. The molecule has 0 saturated carbocycles. The molecule has 0 spiro atoms. The largest absolute Gasteiger partial charge is 0.387 e. The van der Waals surface area contributed by atoms with Gasteiger partial charge in [0.25, 0.3) is 0 Å². The number of hydrogen-bond acceptors (Lipinski definition) is 4. The summed E-state index contributed by atoms with van der Waals surface area (Å²) >= 11 is -2.58. The summed E-state index contributed by atoms with van der Waals surface area (Å²) in [6.07, 6.45) is 1.85. The normalized spacial score (nSPS) is 18.4. The fourth-order valence-corrected chi connectivity index (χ4v) is 0.876. The molecule has 0 aromatic heterocycles. The van der Waals surface area contributed by atoms with Crippen LogP contribution in [0.3, 0.4) is 0 Å². The predicted octanol–water partition coefficient (Wildman–Crippen LogP) is -0.0487. The zero-order chi connectivity index (χ0) is 10.3. The summed E-state index contributed by atoms with van der Waals surface area (Å²) in [5, 5.41) is 18.0. The minimum Gasteiger partial charge on any atom is -0.387 e. The lowest BCUT2D eigenvalue weighted by atomic mass is 10.2. The van der Waals surface area contributed by atoms with E-state index >= 15 is 0 Å². The van der Waals surface area contributed by atoms with E-state index in [1.807, 2.05) is 0 Å². The number of aliphatic hydroxyl groups is 2. The molecule has 0 fully saturated rings. The average molecular weight is 208 g/mol. The molecule has 0 aliphatic rings. The maximum Gasteiger partial charge on any atom is 0.304 e. The fourth-order valence-electron chi connectivity index (χ4n) is 0.579. The van der Waals surface area contributed by atoms with E-state index in [1.54, 1.807) is 12.2 Å². The number of aliphatic hydroxyl groups excluding tert-OH is 2. The molecule has 0 heterocycles. The van der Waals surface area contributed by atoms with E-state index in [0.29, 0.717) is 0 Å². The summed E-state index contributed by atoms with van der Waals surface area (Å²) in [4.78, 5) is 0. The Labute approximate surface area is 78.8 Å². The second-order valence-corrected chi connectivity index (χ2v) is 2.80. The zero-order valence-corrected chi connectivity index (χ0v) is 7.68. The van der Waals surface area contributed by atoms with Gasteiger partial charge in [-0.3, -0.25) is 4.55 Å². The maximum atomic E-state index is 10.0. The van der Waals surface area contributed by atoms with Crippen LogP contribution in [0, 0.1) is 0 Å². The molecule has 3 unspecified atom stereocenters. The van der Waals surface area contributed by atoms with E-state index in [4.69, 9.17) is 14.8 Å². The van der Waals surface area contributed by atoms with Crippen molar-refractivity contribution in [2.24, 2.45) is 0 Å². The van der Waals surface area contributed by atoms with Crippen LogP contribution in [0.2, 0.25) is 0 Å². The number of allylic oxidation sites excluding steroid dienone is 2. The Kier molecular flexibility index (Phi) is 6.65. The Morgan fingerprint density at radius 2 is 2.15 bits per heavy atom. The van der Waals surface area contributed by atoms with Crippen molar-refractivity contribution in [3.05, 3.63) is 24.8 Å². The second kappa shape index (κ2) is 6.93. The highest BCUT2D eigenvalue weighted by molar-refractivity contribution is 7.74. The molecule has 13 heavy (non-hydrogen) atoms. The molecule has 76 valence electrons. The number of hydrogen-bond donors (Lipinski definition) is 3. The number of rotatable bonds is 6. The van der Waals surface area contributed by atoms with Crippen molar-refractivity contribution in [2.75, 3.05) is 0 Å². The Morgan fingerprint density at radius 1 is 1.54 bits per heavy atom. The van der Waals surface area contributed by atoms with Crippen LogP contribution in [0.5, 0.6) is 0 Å². The van der Waals surface area contributed by atoms with Crippen LogP contribution >= 0.6 is 0 Å². The molecule has 0 saturated heterocycles. The summed E-state index contributed by atoms with van der Waals surface area (Å²) in [6, 6.07) is 0. The topological polar surface area (TPSA) is 87.0 Å². The Morgan fingerprint density at radius 3 is 2.62 bits per heavy atom. The third kappa shape index (κ3) is 6.62. The van der Waals surface area contributed by atoms with Crippen LogP contribution in [0.1, 0.15) is 6.42 Å². The smallest absolute Gasteiger partial charge is 0.304 e. The molecule has 0 aromatic carbocycles. The summed E-state index contributed by atoms with van der Waals surface area (Å²) in [6.45, 7) is 3.40. The summed E-state index contributed by atoms with van der Waals surface area (Å²) in [5.74, 6) is 0. The molecule has 0 rings (SSSR count). The molecular weight excluding hydrogens is 196 g/mol. The summed E-state index contributed by atoms with van der Waals surface area (Å²) < 4.78 is 22.2. The van der Waals surface area contributed by atoms with Crippen molar-refractivity contribution in [1.29, 1.82) is 0 Å². The van der Waals surface area contributed by atoms with Gasteiger partial charge >= 0.3 is 11.4 Å². The lowest BCUT2D eigenvalue weighted by molar-refractivity contribution is -0.0987. The van der Waals surface area contributed by atoms with Crippen molar-refractivity contribution in [2.45, 2.75) is 18.8 Å². The molecule has 5 nitrogen and oxygen atoms in total. The molecule has 0 aromatic rings. The van der Waals surface area contributed by atoms with Gasteiger partial charge in [-0.15, -0.1) is 0 Å². The van der Waals surface area contributed by atoms with E-state index < -0.39 is 23.8 Å². The first-order valence-corrected chi connectivity index (χ1v) is 4.52. The van der Waals surface area contributed by atoms with E-state index in [9.17, 15) is 4.21 Å². The Balaban J connectivity index is 3.81.